The van der Waals surface area contributed by atoms with Crippen LogP contribution in [0, 0.1) is 10.1 Å². The minimum Gasteiger partial charge on any atom is -0.351 e. The molecule has 4 rings (SSSR count). The van der Waals surface area contributed by atoms with Crippen molar-refractivity contribution < 1.29 is 32.5 Å². The minimum absolute atomic E-state index is 0.0585. The number of nitro benzene ring substituents is 1. The van der Waals surface area contributed by atoms with Crippen molar-refractivity contribution in [2.45, 2.75) is 6.18 Å². The Morgan fingerprint density at radius 1 is 1.06 bits per heavy atom. The first-order valence-electron chi connectivity index (χ1n) is 8.69. The summed E-state index contributed by atoms with van der Waals surface area (Å²) in [6.07, 6.45) is -4.55. The van der Waals surface area contributed by atoms with Gasteiger partial charge in [-0.15, -0.1) is 0 Å². The zero-order valence-electron chi connectivity index (χ0n) is 15.3. The number of carbonyl (C=O) groups excluding carboxylic acids is 3. The molecule has 0 spiro atoms. The number of anilines is 1. The Bertz CT molecular complexity index is 1280. The van der Waals surface area contributed by atoms with E-state index in [-0.39, 0.29) is 33.4 Å². The summed E-state index contributed by atoms with van der Waals surface area (Å²) < 4.78 is 38.4. The van der Waals surface area contributed by atoms with E-state index in [1.165, 1.54) is 18.2 Å². The van der Waals surface area contributed by atoms with Gasteiger partial charge in [-0.1, -0.05) is 0 Å². The van der Waals surface area contributed by atoms with Crippen molar-refractivity contribution in [2.75, 3.05) is 11.9 Å². The van der Waals surface area contributed by atoms with Crippen LogP contribution in [0.5, 0.6) is 0 Å². The smallest absolute Gasteiger partial charge is 0.351 e. The number of alkyl halides is 3. The molecule has 31 heavy (non-hydrogen) atoms. The largest absolute Gasteiger partial charge is 0.431 e. The normalized spacial score (nSPS) is 13.6. The minimum atomic E-state index is -4.55. The molecule has 0 unspecified atom stereocenters. The molecule has 1 aromatic heterocycles. The summed E-state index contributed by atoms with van der Waals surface area (Å²) >= 11 is 0. The molecule has 1 aliphatic heterocycles. The second-order valence-electron chi connectivity index (χ2n) is 6.71. The molecule has 2 heterocycles. The number of hydrogen-bond donors (Lipinski definition) is 2. The number of nitrogens with zero attached hydrogens (tertiary/aromatic N) is 2. The summed E-state index contributed by atoms with van der Waals surface area (Å²) in [6, 6.07) is 8.10. The Hall–Kier alpha value is -4.22. The summed E-state index contributed by atoms with van der Waals surface area (Å²) in [5, 5.41) is 13.5. The molecular weight excluding hydrogens is 421 g/mol. The van der Waals surface area contributed by atoms with E-state index < -0.39 is 41.1 Å². The number of imide groups is 1. The van der Waals surface area contributed by atoms with Gasteiger partial charge in [0, 0.05) is 28.7 Å². The van der Waals surface area contributed by atoms with Gasteiger partial charge >= 0.3 is 6.18 Å². The molecule has 0 saturated carbocycles. The van der Waals surface area contributed by atoms with E-state index in [9.17, 15) is 37.7 Å². The molecule has 12 heteroatoms. The molecule has 0 bridgehead atoms. The molecule has 0 aliphatic carbocycles. The van der Waals surface area contributed by atoms with Crippen LogP contribution in [-0.4, -0.2) is 39.1 Å². The Balaban J connectivity index is 1.50. The van der Waals surface area contributed by atoms with Crippen LogP contribution in [0.15, 0.2) is 42.5 Å². The van der Waals surface area contributed by atoms with Gasteiger partial charge in [-0.25, -0.2) is 0 Å². The van der Waals surface area contributed by atoms with Crippen molar-refractivity contribution in [3.05, 3.63) is 69.4 Å². The molecule has 0 fully saturated rings. The second kappa shape index (κ2) is 6.93. The topological polar surface area (TPSA) is 125 Å². The van der Waals surface area contributed by atoms with Gasteiger partial charge in [0.15, 0.2) is 0 Å². The SMILES string of the molecule is O=C(CN1C(=O)c2ccc([N+](=O)[O-])cc2C1=O)Nc1ccc2[nH]c(C(F)(F)F)cc2c1. The van der Waals surface area contributed by atoms with Gasteiger partial charge in [0.25, 0.3) is 17.5 Å². The number of amides is 3. The number of nitro groups is 1. The van der Waals surface area contributed by atoms with E-state index in [0.29, 0.717) is 4.90 Å². The van der Waals surface area contributed by atoms with Gasteiger partial charge in [-0.3, -0.25) is 29.4 Å². The molecule has 0 atom stereocenters. The maximum absolute atomic E-state index is 12.8. The number of nitrogens with one attached hydrogen (secondary N) is 2. The Labute approximate surface area is 170 Å². The lowest BCUT2D eigenvalue weighted by atomic mass is 10.1. The van der Waals surface area contributed by atoms with E-state index in [0.717, 1.165) is 24.3 Å². The first kappa shape index (κ1) is 20.1. The highest BCUT2D eigenvalue weighted by Crippen LogP contribution is 2.32. The summed E-state index contributed by atoms with van der Waals surface area (Å²) in [6.45, 7) is -0.668. The summed E-state index contributed by atoms with van der Waals surface area (Å²) in [5.74, 6) is -2.40. The molecule has 158 valence electrons. The molecule has 3 amide bonds. The van der Waals surface area contributed by atoms with Crippen molar-refractivity contribution in [3.63, 3.8) is 0 Å². The van der Waals surface area contributed by atoms with E-state index in [4.69, 9.17) is 0 Å². The molecule has 2 N–H and O–H groups in total. The van der Waals surface area contributed by atoms with Gasteiger partial charge in [0.1, 0.15) is 12.2 Å². The average Bonchev–Trinajstić information content (AvgIpc) is 3.23. The number of aromatic nitrogens is 1. The van der Waals surface area contributed by atoms with E-state index in [2.05, 4.69) is 10.3 Å². The fraction of sp³-hybridized carbons (Fsp3) is 0.105. The zero-order valence-corrected chi connectivity index (χ0v) is 15.3. The zero-order chi connectivity index (χ0) is 22.5. The first-order valence-corrected chi connectivity index (χ1v) is 8.69. The number of rotatable bonds is 4. The number of aromatic amines is 1. The standard InChI is InChI=1S/C19H11F3N4O5/c20-19(21,22)15-6-9-5-10(1-4-14(9)24-15)23-16(27)8-25-17(28)12-3-2-11(26(30)31)7-13(12)18(25)29/h1-7,24H,8H2,(H,23,27). The maximum atomic E-state index is 12.8. The van der Waals surface area contributed by atoms with Crippen LogP contribution in [-0.2, 0) is 11.0 Å². The van der Waals surface area contributed by atoms with Crippen LogP contribution in [0.25, 0.3) is 10.9 Å². The van der Waals surface area contributed by atoms with Gasteiger partial charge in [0.05, 0.1) is 16.1 Å². The molecule has 0 radical (unpaired) electrons. The van der Waals surface area contributed by atoms with Crippen LogP contribution in [0.4, 0.5) is 24.5 Å². The highest BCUT2D eigenvalue weighted by molar-refractivity contribution is 6.23. The fourth-order valence-corrected chi connectivity index (χ4v) is 3.24. The molecule has 3 aromatic rings. The number of halogens is 3. The number of non-ortho nitro benzene ring substituents is 1. The summed E-state index contributed by atoms with van der Waals surface area (Å²) in [4.78, 5) is 50.2. The maximum Gasteiger partial charge on any atom is 0.431 e. The van der Waals surface area contributed by atoms with Gasteiger partial charge < -0.3 is 10.3 Å². The van der Waals surface area contributed by atoms with Crippen LogP contribution >= 0.6 is 0 Å². The quantitative estimate of drug-likeness (QED) is 0.372. The highest BCUT2D eigenvalue weighted by Gasteiger charge is 2.38. The molecular formula is C19H11F3N4O5. The number of benzene rings is 2. The average molecular weight is 432 g/mol. The van der Waals surface area contributed by atoms with Crippen LogP contribution in [0.2, 0.25) is 0 Å². The van der Waals surface area contributed by atoms with Crippen molar-refractivity contribution in [3.8, 4) is 0 Å². The molecule has 9 nitrogen and oxygen atoms in total. The summed E-state index contributed by atoms with van der Waals surface area (Å²) in [7, 11) is 0. The van der Waals surface area contributed by atoms with Gasteiger partial charge in [0.2, 0.25) is 5.91 Å². The summed E-state index contributed by atoms with van der Waals surface area (Å²) in [5.41, 5.74) is -1.17. The molecule has 2 aromatic carbocycles. The lowest BCUT2D eigenvalue weighted by Crippen LogP contribution is -2.37. The van der Waals surface area contributed by atoms with Gasteiger partial charge in [-0.2, -0.15) is 13.2 Å². The number of fused-ring (bicyclic) bond motifs is 2. The third-order valence-electron chi connectivity index (χ3n) is 4.68. The van der Waals surface area contributed by atoms with Crippen molar-refractivity contribution in [1.29, 1.82) is 0 Å². The monoisotopic (exact) mass is 432 g/mol. The van der Waals surface area contributed by atoms with Crippen molar-refractivity contribution >= 4 is 40.0 Å². The lowest BCUT2D eigenvalue weighted by molar-refractivity contribution is -0.384. The third-order valence-corrected chi connectivity index (χ3v) is 4.68. The number of H-pyrrole nitrogens is 1. The van der Waals surface area contributed by atoms with E-state index >= 15 is 0 Å². The second-order valence-corrected chi connectivity index (χ2v) is 6.71. The highest BCUT2D eigenvalue weighted by atomic mass is 19.4. The first-order chi connectivity index (χ1) is 14.5. The third kappa shape index (κ3) is 3.58. The lowest BCUT2D eigenvalue weighted by Gasteiger charge is -2.13. The van der Waals surface area contributed by atoms with Gasteiger partial charge in [-0.05, 0) is 30.3 Å². The van der Waals surface area contributed by atoms with Crippen molar-refractivity contribution in [2.24, 2.45) is 0 Å². The van der Waals surface area contributed by atoms with E-state index in [1.54, 1.807) is 0 Å². The Morgan fingerprint density at radius 2 is 1.77 bits per heavy atom. The number of hydrogen-bond acceptors (Lipinski definition) is 5. The van der Waals surface area contributed by atoms with Crippen molar-refractivity contribution in [1.82, 2.24) is 9.88 Å². The van der Waals surface area contributed by atoms with Crippen LogP contribution < -0.4 is 5.32 Å². The number of carbonyl (C=O) groups is 3. The Kier molecular flexibility index (Phi) is 4.49. The fourth-order valence-electron chi connectivity index (χ4n) is 3.24. The molecule has 0 saturated heterocycles. The van der Waals surface area contributed by atoms with Crippen LogP contribution in [0.1, 0.15) is 26.4 Å². The molecule has 1 aliphatic rings. The predicted octanol–water partition coefficient (Wildman–Crippen LogP) is 3.33. The predicted molar refractivity (Wildman–Crippen MR) is 100 cm³/mol. The Morgan fingerprint density at radius 3 is 2.45 bits per heavy atom. The van der Waals surface area contributed by atoms with Crippen LogP contribution in [0.3, 0.4) is 0 Å². The van der Waals surface area contributed by atoms with E-state index in [1.807, 2.05) is 0 Å².